The lowest BCUT2D eigenvalue weighted by Crippen LogP contribution is -2.45. The van der Waals surface area contributed by atoms with Gasteiger partial charge in [-0.25, -0.2) is 14.0 Å². The Hall–Kier alpha value is -5.05. The van der Waals surface area contributed by atoms with Crippen LogP contribution in [0.4, 0.5) is 15.8 Å². The van der Waals surface area contributed by atoms with E-state index in [-0.39, 0.29) is 48.4 Å². The van der Waals surface area contributed by atoms with Gasteiger partial charge >= 0.3 is 11.9 Å². The van der Waals surface area contributed by atoms with Crippen molar-refractivity contribution in [2.45, 2.75) is 12.2 Å². The molecular weight excluding hydrogens is 603 g/mol. The first-order valence-electron chi connectivity index (χ1n) is 14.5. The molecule has 0 radical (unpaired) electrons. The number of aliphatic hydroxyl groups is 2. The van der Waals surface area contributed by atoms with Crippen LogP contribution in [0.2, 0.25) is 0 Å². The largest absolute Gasteiger partial charge is 0.478 e. The number of carboxylic acid groups (broad SMARTS) is 2. The van der Waals surface area contributed by atoms with Gasteiger partial charge in [0.2, 0.25) is 0 Å². The Morgan fingerprint density at radius 2 is 1.22 bits per heavy atom. The number of carbonyl (C=O) groups excluding carboxylic acids is 2. The molecule has 0 aromatic heterocycles. The highest BCUT2D eigenvalue weighted by atomic mass is 19.1. The molecule has 1 heterocycles. The smallest absolute Gasteiger partial charge is 0.336 e. The first-order chi connectivity index (χ1) is 22.0. The number of morpholine rings is 1. The average molecular weight is 639 g/mol. The number of rotatable bonds is 14. The highest BCUT2D eigenvalue weighted by Gasteiger charge is 2.23. The summed E-state index contributed by atoms with van der Waals surface area (Å²) >= 11 is 0. The van der Waals surface area contributed by atoms with E-state index in [1.165, 1.54) is 59.5 Å². The standard InChI is InChI=1S/C32H35FN4O9/c33-27-15-20(9-10-28(27)36-11-13-46-14-12-36)37(18-21(38)16-34-29(40)23-5-1-3-7-25(23)31(42)43)19-22(39)17-35-30(41)24-6-2-4-8-26(24)32(44)45/h1-10,15,21-22,38-39H,11-14,16-19H2,(H,34,40)(H,35,41)(H,42,43)(H,44,45)/t21-,22+. The van der Waals surface area contributed by atoms with Crippen LogP contribution in [0.1, 0.15) is 41.4 Å². The Labute approximate surface area is 263 Å². The molecule has 0 bridgehead atoms. The second-order valence-corrected chi connectivity index (χ2v) is 10.6. The van der Waals surface area contributed by atoms with E-state index in [9.17, 15) is 39.6 Å². The maximum atomic E-state index is 15.3. The maximum Gasteiger partial charge on any atom is 0.336 e. The molecule has 2 atom stereocenters. The Balaban J connectivity index is 1.46. The summed E-state index contributed by atoms with van der Waals surface area (Å²) in [5, 5.41) is 45.5. The fourth-order valence-electron chi connectivity index (χ4n) is 5.02. The van der Waals surface area contributed by atoms with Crippen LogP contribution in [-0.2, 0) is 4.74 Å². The molecule has 3 aromatic rings. The zero-order valence-electron chi connectivity index (χ0n) is 24.8. The molecule has 14 heteroatoms. The highest BCUT2D eigenvalue weighted by Crippen LogP contribution is 2.26. The first kappa shape index (κ1) is 33.8. The summed E-state index contributed by atoms with van der Waals surface area (Å²) in [7, 11) is 0. The van der Waals surface area contributed by atoms with Gasteiger partial charge in [0.15, 0.2) is 0 Å². The topological polar surface area (TPSA) is 189 Å². The number of benzene rings is 3. The van der Waals surface area contributed by atoms with E-state index in [1.807, 2.05) is 4.90 Å². The van der Waals surface area contributed by atoms with Gasteiger partial charge in [0.25, 0.3) is 11.8 Å². The van der Waals surface area contributed by atoms with Crippen molar-refractivity contribution in [1.82, 2.24) is 10.6 Å². The van der Waals surface area contributed by atoms with E-state index in [2.05, 4.69) is 10.6 Å². The summed E-state index contributed by atoms with van der Waals surface area (Å²) in [6, 6.07) is 15.7. The lowest BCUT2D eigenvalue weighted by Gasteiger charge is -2.32. The number of anilines is 2. The van der Waals surface area contributed by atoms with E-state index in [4.69, 9.17) is 4.74 Å². The third-order valence-electron chi connectivity index (χ3n) is 7.31. The minimum Gasteiger partial charge on any atom is -0.478 e. The normalized spacial score (nSPS) is 14.2. The van der Waals surface area contributed by atoms with Crippen LogP contribution in [-0.4, -0.2) is 109 Å². The average Bonchev–Trinajstić information content (AvgIpc) is 3.06. The van der Waals surface area contributed by atoms with Crippen molar-refractivity contribution in [3.63, 3.8) is 0 Å². The van der Waals surface area contributed by atoms with Gasteiger partial charge < -0.3 is 45.6 Å². The Bertz CT molecular complexity index is 1480. The van der Waals surface area contributed by atoms with E-state index >= 15 is 4.39 Å². The van der Waals surface area contributed by atoms with Gasteiger partial charge in [0, 0.05) is 45.0 Å². The Kier molecular flexibility index (Phi) is 11.6. The first-order valence-corrected chi connectivity index (χ1v) is 14.5. The van der Waals surface area contributed by atoms with Crippen molar-refractivity contribution in [3.05, 3.63) is 94.8 Å². The number of nitrogens with one attached hydrogen (secondary N) is 2. The molecule has 1 saturated heterocycles. The monoisotopic (exact) mass is 638 g/mol. The summed E-state index contributed by atoms with van der Waals surface area (Å²) in [5.41, 5.74) is 0.0802. The predicted molar refractivity (Wildman–Crippen MR) is 165 cm³/mol. The molecule has 13 nitrogen and oxygen atoms in total. The van der Waals surface area contributed by atoms with Crippen molar-refractivity contribution in [3.8, 4) is 0 Å². The number of hydrogen-bond donors (Lipinski definition) is 6. The molecule has 0 saturated carbocycles. The van der Waals surface area contributed by atoms with E-state index in [0.29, 0.717) is 37.7 Å². The summed E-state index contributed by atoms with van der Waals surface area (Å²) in [6.07, 6.45) is -2.49. The Morgan fingerprint density at radius 1 is 0.761 bits per heavy atom. The number of nitrogens with zero attached hydrogens (tertiary/aromatic N) is 2. The molecule has 0 unspecified atom stereocenters. The van der Waals surface area contributed by atoms with E-state index in [0.717, 1.165) is 0 Å². The predicted octanol–water partition coefficient (Wildman–Crippen LogP) is 1.45. The summed E-state index contributed by atoms with van der Waals surface area (Å²) < 4.78 is 20.7. The van der Waals surface area contributed by atoms with Crippen molar-refractivity contribution in [2.75, 3.05) is 62.3 Å². The van der Waals surface area contributed by atoms with E-state index in [1.54, 1.807) is 12.1 Å². The summed E-state index contributed by atoms with van der Waals surface area (Å²) in [5.74, 6) is -4.53. The van der Waals surface area contributed by atoms with Crippen molar-refractivity contribution in [2.24, 2.45) is 0 Å². The van der Waals surface area contributed by atoms with Gasteiger partial charge in [0.1, 0.15) is 5.82 Å². The number of hydrogen-bond acceptors (Lipinski definition) is 9. The second-order valence-electron chi connectivity index (χ2n) is 10.6. The van der Waals surface area contributed by atoms with Crippen molar-refractivity contribution < 1.29 is 48.7 Å². The van der Waals surface area contributed by atoms with Gasteiger partial charge in [-0.3, -0.25) is 9.59 Å². The minimum absolute atomic E-state index is 0.0875. The number of halogens is 1. The van der Waals surface area contributed by atoms with Gasteiger partial charge in [-0.1, -0.05) is 24.3 Å². The molecule has 3 aromatic carbocycles. The third kappa shape index (κ3) is 8.78. The quantitative estimate of drug-likeness (QED) is 0.150. The maximum absolute atomic E-state index is 15.3. The van der Waals surface area contributed by atoms with Crippen LogP contribution in [0.3, 0.4) is 0 Å². The molecule has 6 N–H and O–H groups in total. The molecule has 0 spiro atoms. The fraction of sp³-hybridized carbons (Fsp3) is 0.312. The molecule has 1 aliphatic heterocycles. The second kappa shape index (κ2) is 15.8. The molecule has 0 aliphatic carbocycles. The number of carbonyl (C=O) groups is 4. The fourth-order valence-corrected chi connectivity index (χ4v) is 5.02. The van der Waals surface area contributed by atoms with Crippen LogP contribution >= 0.6 is 0 Å². The number of aliphatic hydroxyl groups excluding tert-OH is 2. The molecule has 244 valence electrons. The minimum atomic E-state index is -1.28. The number of ether oxygens (including phenoxy) is 1. The third-order valence-corrected chi connectivity index (χ3v) is 7.31. The number of amides is 2. The molecule has 1 fully saturated rings. The number of carboxylic acids is 2. The molecular formula is C32H35FN4O9. The van der Waals surface area contributed by atoms with Crippen molar-refractivity contribution in [1.29, 1.82) is 0 Å². The molecule has 2 amide bonds. The Morgan fingerprint density at radius 3 is 1.65 bits per heavy atom. The zero-order valence-corrected chi connectivity index (χ0v) is 24.8. The van der Waals surface area contributed by atoms with Gasteiger partial charge in [-0.15, -0.1) is 0 Å². The van der Waals surface area contributed by atoms with Crippen LogP contribution in [0, 0.1) is 5.82 Å². The molecule has 1 aliphatic rings. The molecule has 4 rings (SSSR count). The van der Waals surface area contributed by atoms with Crippen LogP contribution in [0.25, 0.3) is 0 Å². The number of aromatic carboxylic acids is 2. The summed E-state index contributed by atoms with van der Waals surface area (Å²) in [4.78, 5) is 51.7. The zero-order chi connectivity index (χ0) is 33.2. The lowest BCUT2D eigenvalue weighted by atomic mass is 10.1. The van der Waals surface area contributed by atoms with E-state index < -0.39 is 41.8 Å². The van der Waals surface area contributed by atoms with Gasteiger partial charge in [-0.05, 0) is 42.5 Å². The highest BCUT2D eigenvalue weighted by molar-refractivity contribution is 6.05. The van der Waals surface area contributed by atoms with Gasteiger partial charge in [0.05, 0.1) is 53.4 Å². The lowest BCUT2D eigenvalue weighted by molar-refractivity contribution is 0.0682. The SMILES string of the molecule is O=C(O)c1ccccc1C(=O)NC[C@@H](O)CN(C[C@@H](O)CNC(=O)c1ccccc1C(=O)O)c1ccc(N2CCOCC2)c(F)c1. The van der Waals surface area contributed by atoms with Crippen molar-refractivity contribution >= 4 is 35.1 Å². The van der Waals surface area contributed by atoms with Crippen LogP contribution in [0.5, 0.6) is 0 Å². The molecule has 46 heavy (non-hydrogen) atoms. The van der Waals surface area contributed by atoms with Crippen LogP contribution in [0.15, 0.2) is 66.7 Å². The van der Waals surface area contributed by atoms with Crippen LogP contribution < -0.4 is 20.4 Å². The summed E-state index contributed by atoms with van der Waals surface area (Å²) in [6.45, 7) is 0.953. The van der Waals surface area contributed by atoms with Gasteiger partial charge in [-0.2, -0.15) is 0 Å².